The summed E-state index contributed by atoms with van der Waals surface area (Å²) in [6.07, 6.45) is 2.25. The van der Waals surface area contributed by atoms with Gasteiger partial charge in [-0.1, -0.05) is 44.2 Å². The van der Waals surface area contributed by atoms with Crippen LogP contribution < -0.4 is 5.32 Å². The molecule has 0 aliphatic rings. The van der Waals surface area contributed by atoms with E-state index in [4.69, 9.17) is 4.74 Å². The van der Waals surface area contributed by atoms with Crippen LogP contribution in [0.25, 0.3) is 16.5 Å². The van der Waals surface area contributed by atoms with Gasteiger partial charge in [-0.15, -0.1) is 11.3 Å². The second-order valence-corrected chi connectivity index (χ2v) is 7.23. The molecule has 1 heterocycles. The fourth-order valence-electron chi connectivity index (χ4n) is 2.07. The Bertz CT molecular complexity index is 734. The normalized spacial score (nSPS) is 12.3. The SMILES string of the molecule is CC(C)CNC(=O)[C@@H](C)OC(=O)/C=C/c1ccc(-c2ccccc2)s1. The van der Waals surface area contributed by atoms with E-state index >= 15 is 0 Å². The van der Waals surface area contributed by atoms with E-state index in [1.165, 1.54) is 6.08 Å². The molecule has 1 atom stereocenters. The van der Waals surface area contributed by atoms with Gasteiger partial charge in [-0.3, -0.25) is 4.79 Å². The largest absolute Gasteiger partial charge is 0.449 e. The number of hydrogen-bond donors (Lipinski definition) is 1. The molecule has 1 aromatic heterocycles. The molecule has 5 heteroatoms. The third-order valence-corrected chi connectivity index (χ3v) is 4.52. The van der Waals surface area contributed by atoms with Crippen molar-refractivity contribution >= 4 is 29.3 Å². The predicted octanol–water partition coefficient (Wildman–Crippen LogP) is 4.13. The zero-order valence-corrected chi connectivity index (χ0v) is 15.5. The van der Waals surface area contributed by atoms with E-state index in [-0.39, 0.29) is 5.91 Å². The van der Waals surface area contributed by atoms with Gasteiger partial charge in [-0.05, 0) is 36.6 Å². The van der Waals surface area contributed by atoms with Crippen molar-refractivity contribution in [3.05, 3.63) is 53.4 Å². The number of rotatable bonds is 7. The van der Waals surface area contributed by atoms with Crippen LogP contribution in [-0.2, 0) is 14.3 Å². The van der Waals surface area contributed by atoms with Crippen LogP contribution in [0.4, 0.5) is 0 Å². The van der Waals surface area contributed by atoms with Gasteiger partial charge >= 0.3 is 5.97 Å². The van der Waals surface area contributed by atoms with Crippen molar-refractivity contribution in [2.24, 2.45) is 5.92 Å². The highest BCUT2D eigenvalue weighted by molar-refractivity contribution is 7.16. The summed E-state index contributed by atoms with van der Waals surface area (Å²) < 4.78 is 5.12. The Morgan fingerprint density at radius 1 is 1.12 bits per heavy atom. The standard InChI is InChI=1S/C20H23NO3S/c1-14(2)13-21-20(23)15(3)24-19(22)12-10-17-9-11-18(25-17)16-7-5-4-6-8-16/h4-12,14-15H,13H2,1-3H3,(H,21,23)/b12-10+/t15-/m1/s1. The van der Waals surface area contributed by atoms with Gasteiger partial charge in [-0.2, -0.15) is 0 Å². The Labute approximate surface area is 152 Å². The summed E-state index contributed by atoms with van der Waals surface area (Å²) in [5.74, 6) is -0.454. The topological polar surface area (TPSA) is 55.4 Å². The van der Waals surface area contributed by atoms with Crippen LogP contribution in [0, 0.1) is 5.92 Å². The van der Waals surface area contributed by atoms with E-state index in [9.17, 15) is 9.59 Å². The lowest BCUT2D eigenvalue weighted by molar-refractivity contribution is -0.150. The first-order valence-electron chi connectivity index (χ1n) is 8.27. The van der Waals surface area contributed by atoms with Gasteiger partial charge in [0.15, 0.2) is 6.10 Å². The van der Waals surface area contributed by atoms with E-state index in [0.717, 1.165) is 15.3 Å². The second kappa shape index (κ2) is 9.18. The molecule has 2 rings (SSSR count). The maximum absolute atomic E-state index is 11.9. The molecule has 0 spiro atoms. The average Bonchev–Trinajstić information content (AvgIpc) is 3.07. The maximum atomic E-state index is 11.9. The molecule has 0 aliphatic heterocycles. The molecule has 132 valence electrons. The molecule has 0 bridgehead atoms. The Balaban J connectivity index is 1.88. The number of esters is 1. The third kappa shape index (κ3) is 6.19. The summed E-state index contributed by atoms with van der Waals surface area (Å²) in [5.41, 5.74) is 1.14. The molecule has 0 saturated carbocycles. The van der Waals surface area contributed by atoms with Gasteiger partial charge in [-0.25, -0.2) is 4.79 Å². The van der Waals surface area contributed by atoms with Crippen molar-refractivity contribution in [1.29, 1.82) is 0 Å². The van der Waals surface area contributed by atoms with E-state index < -0.39 is 12.1 Å². The molecule has 1 aromatic carbocycles. The van der Waals surface area contributed by atoms with Crippen molar-refractivity contribution in [2.45, 2.75) is 26.9 Å². The molecule has 1 amide bonds. The van der Waals surface area contributed by atoms with Gasteiger partial charge in [0.2, 0.25) is 0 Å². The van der Waals surface area contributed by atoms with Gasteiger partial charge in [0.1, 0.15) is 0 Å². The summed E-state index contributed by atoms with van der Waals surface area (Å²) in [7, 11) is 0. The number of carbonyl (C=O) groups excluding carboxylic acids is 2. The van der Waals surface area contributed by atoms with Crippen LogP contribution in [0.2, 0.25) is 0 Å². The Kier molecular flexibility index (Phi) is 6.95. The molecule has 25 heavy (non-hydrogen) atoms. The van der Waals surface area contributed by atoms with Gasteiger partial charge in [0.05, 0.1) is 0 Å². The number of nitrogens with one attached hydrogen (secondary N) is 1. The number of amides is 1. The first-order valence-corrected chi connectivity index (χ1v) is 9.09. The lowest BCUT2D eigenvalue weighted by atomic mass is 10.2. The molecule has 0 saturated heterocycles. The third-order valence-electron chi connectivity index (χ3n) is 3.42. The van der Waals surface area contributed by atoms with E-state index in [1.54, 1.807) is 24.3 Å². The minimum absolute atomic E-state index is 0.280. The molecule has 2 aromatic rings. The molecular weight excluding hydrogens is 334 g/mol. The van der Waals surface area contributed by atoms with E-state index in [1.807, 2.05) is 56.3 Å². The fraction of sp³-hybridized carbons (Fsp3) is 0.300. The monoisotopic (exact) mass is 357 g/mol. The van der Waals surface area contributed by atoms with Crippen molar-refractivity contribution in [2.75, 3.05) is 6.54 Å². The molecule has 0 unspecified atom stereocenters. The van der Waals surface area contributed by atoms with Crippen LogP contribution in [0.3, 0.4) is 0 Å². The maximum Gasteiger partial charge on any atom is 0.331 e. The van der Waals surface area contributed by atoms with Crippen LogP contribution in [-0.4, -0.2) is 24.5 Å². The Morgan fingerprint density at radius 2 is 1.84 bits per heavy atom. The zero-order chi connectivity index (χ0) is 18.2. The highest BCUT2D eigenvalue weighted by Gasteiger charge is 2.16. The molecule has 0 aliphatic carbocycles. The summed E-state index contributed by atoms with van der Waals surface area (Å²) in [5, 5.41) is 2.74. The second-order valence-electron chi connectivity index (χ2n) is 6.12. The molecular formula is C20H23NO3S. The number of benzene rings is 1. The fourth-order valence-corrected chi connectivity index (χ4v) is 2.98. The van der Waals surface area contributed by atoms with Gasteiger partial charge < -0.3 is 10.1 Å². The Hall–Kier alpha value is -2.40. The Morgan fingerprint density at radius 3 is 2.52 bits per heavy atom. The number of ether oxygens (including phenoxy) is 1. The number of thiophene rings is 1. The molecule has 0 fully saturated rings. The molecule has 1 N–H and O–H groups in total. The van der Waals surface area contributed by atoms with Crippen molar-refractivity contribution < 1.29 is 14.3 Å². The van der Waals surface area contributed by atoms with E-state index in [0.29, 0.717) is 12.5 Å². The highest BCUT2D eigenvalue weighted by Crippen LogP contribution is 2.28. The first kappa shape index (κ1) is 18.9. The number of hydrogen-bond acceptors (Lipinski definition) is 4. The van der Waals surface area contributed by atoms with E-state index in [2.05, 4.69) is 5.32 Å². The van der Waals surface area contributed by atoms with Crippen LogP contribution in [0.5, 0.6) is 0 Å². The molecule has 4 nitrogen and oxygen atoms in total. The zero-order valence-electron chi connectivity index (χ0n) is 14.7. The average molecular weight is 357 g/mol. The highest BCUT2D eigenvalue weighted by atomic mass is 32.1. The van der Waals surface area contributed by atoms with Crippen molar-refractivity contribution in [3.8, 4) is 10.4 Å². The lowest BCUT2D eigenvalue weighted by Crippen LogP contribution is -2.37. The van der Waals surface area contributed by atoms with Crippen molar-refractivity contribution in [3.63, 3.8) is 0 Å². The summed E-state index contributed by atoms with van der Waals surface area (Å²) in [6, 6.07) is 14.0. The van der Waals surface area contributed by atoms with Crippen LogP contribution in [0.1, 0.15) is 25.6 Å². The van der Waals surface area contributed by atoms with Crippen LogP contribution in [0.15, 0.2) is 48.5 Å². The first-order chi connectivity index (χ1) is 12.0. The lowest BCUT2D eigenvalue weighted by Gasteiger charge is -2.13. The minimum Gasteiger partial charge on any atom is -0.449 e. The smallest absolute Gasteiger partial charge is 0.331 e. The van der Waals surface area contributed by atoms with Crippen LogP contribution >= 0.6 is 11.3 Å². The number of carbonyl (C=O) groups is 2. The van der Waals surface area contributed by atoms with Gasteiger partial charge in [0, 0.05) is 22.4 Å². The summed E-state index contributed by atoms with van der Waals surface area (Å²) in [4.78, 5) is 25.8. The van der Waals surface area contributed by atoms with Gasteiger partial charge in [0.25, 0.3) is 5.91 Å². The quantitative estimate of drug-likeness (QED) is 0.599. The minimum atomic E-state index is -0.806. The summed E-state index contributed by atoms with van der Waals surface area (Å²) in [6.45, 7) is 6.14. The molecule has 0 radical (unpaired) electrons. The summed E-state index contributed by atoms with van der Waals surface area (Å²) >= 11 is 1.59. The predicted molar refractivity (Wildman–Crippen MR) is 102 cm³/mol. The van der Waals surface area contributed by atoms with Crippen molar-refractivity contribution in [1.82, 2.24) is 5.32 Å².